The van der Waals surface area contributed by atoms with E-state index in [4.69, 9.17) is 0 Å². The molecule has 0 N–H and O–H groups in total. The smallest absolute Gasteiger partial charge is 0.222 e. The van der Waals surface area contributed by atoms with Crippen molar-refractivity contribution in [2.24, 2.45) is 0 Å². The molecule has 1 heterocycles. The standard InChI is InChI=1S/C16H18FNOS/c1-12-9-10-20-15(12)11-18(2)16(19)8-7-13-5-3-4-6-14(13)17/h3-6,9-10H,7-8,11H2,1-2H3. The van der Waals surface area contributed by atoms with E-state index in [1.54, 1.807) is 41.5 Å². The van der Waals surface area contributed by atoms with E-state index in [-0.39, 0.29) is 11.7 Å². The van der Waals surface area contributed by atoms with Crippen LogP contribution in [0.4, 0.5) is 4.39 Å². The number of thiophene rings is 1. The molecule has 0 saturated carbocycles. The van der Waals surface area contributed by atoms with Crippen LogP contribution in [0.5, 0.6) is 0 Å². The van der Waals surface area contributed by atoms with Crippen molar-refractivity contribution in [3.63, 3.8) is 0 Å². The Bertz CT molecular complexity index is 594. The van der Waals surface area contributed by atoms with Crippen molar-refractivity contribution < 1.29 is 9.18 Å². The fourth-order valence-electron chi connectivity index (χ4n) is 2.00. The maximum atomic E-state index is 13.5. The van der Waals surface area contributed by atoms with Crippen molar-refractivity contribution in [2.45, 2.75) is 26.3 Å². The highest BCUT2D eigenvalue weighted by atomic mass is 32.1. The third-order valence-electron chi connectivity index (χ3n) is 3.34. The van der Waals surface area contributed by atoms with Gasteiger partial charge in [-0.15, -0.1) is 11.3 Å². The topological polar surface area (TPSA) is 20.3 Å². The molecule has 0 radical (unpaired) electrons. The molecule has 4 heteroatoms. The molecule has 0 fully saturated rings. The first-order valence-electron chi connectivity index (χ1n) is 6.58. The number of hydrogen-bond donors (Lipinski definition) is 0. The van der Waals surface area contributed by atoms with Crippen LogP contribution in [0.15, 0.2) is 35.7 Å². The van der Waals surface area contributed by atoms with E-state index in [0.717, 1.165) is 0 Å². The maximum Gasteiger partial charge on any atom is 0.222 e. The molecule has 0 saturated heterocycles. The zero-order valence-electron chi connectivity index (χ0n) is 11.7. The molecule has 0 atom stereocenters. The van der Waals surface area contributed by atoms with Crippen LogP contribution in [-0.2, 0) is 17.8 Å². The Morgan fingerprint density at radius 3 is 2.70 bits per heavy atom. The molecule has 106 valence electrons. The van der Waals surface area contributed by atoms with Crippen LogP contribution in [0.1, 0.15) is 22.4 Å². The largest absolute Gasteiger partial charge is 0.341 e. The van der Waals surface area contributed by atoms with Gasteiger partial charge in [-0.2, -0.15) is 0 Å². The summed E-state index contributed by atoms with van der Waals surface area (Å²) in [7, 11) is 1.79. The lowest BCUT2D eigenvalue weighted by atomic mass is 10.1. The molecule has 0 aliphatic carbocycles. The van der Waals surface area contributed by atoms with Crippen LogP contribution in [0.2, 0.25) is 0 Å². The summed E-state index contributed by atoms with van der Waals surface area (Å²) < 4.78 is 13.5. The van der Waals surface area contributed by atoms with Gasteiger partial charge in [0, 0.05) is 18.3 Å². The highest BCUT2D eigenvalue weighted by Crippen LogP contribution is 2.18. The van der Waals surface area contributed by atoms with Crippen molar-refractivity contribution in [3.8, 4) is 0 Å². The molecular formula is C16H18FNOS. The van der Waals surface area contributed by atoms with Crippen molar-refractivity contribution in [1.82, 2.24) is 4.90 Å². The van der Waals surface area contributed by atoms with E-state index >= 15 is 0 Å². The number of rotatable bonds is 5. The average molecular weight is 291 g/mol. The van der Waals surface area contributed by atoms with Gasteiger partial charge in [-0.25, -0.2) is 4.39 Å². The molecule has 1 amide bonds. The molecule has 2 rings (SSSR count). The summed E-state index contributed by atoms with van der Waals surface area (Å²) in [5, 5.41) is 2.03. The van der Waals surface area contributed by atoms with Gasteiger partial charge in [-0.05, 0) is 42.0 Å². The van der Waals surface area contributed by atoms with Crippen molar-refractivity contribution in [1.29, 1.82) is 0 Å². The van der Waals surface area contributed by atoms with E-state index in [9.17, 15) is 9.18 Å². The second-order valence-electron chi connectivity index (χ2n) is 4.87. The number of benzene rings is 1. The number of hydrogen-bond acceptors (Lipinski definition) is 2. The SMILES string of the molecule is Cc1ccsc1CN(C)C(=O)CCc1ccccc1F. The Kier molecular flexibility index (Phi) is 4.90. The summed E-state index contributed by atoms with van der Waals surface area (Å²) in [5.74, 6) is -0.196. The van der Waals surface area contributed by atoms with Crippen LogP contribution in [-0.4, -0.2) is 17.9 Å². The molecule has 20 heavy (non-hydrogen) atoms. The fourth-order valence-corrected chi connectivity index (χ4v) is 2.96. The van der Waals surface area contributed by atoms with Crippen LogP contribution in [0.3, 0.4) is 0 Å². The predicted octanol–water partition coefficient (Wildman–Crippen LogP) is 3.79. The first kappa shape index (κ1) is 14.7. The highest BCUT2D eigenvalue weighted by molar-refractivity contribution is 7.10. The molecule has 0 aliphatic rings. The van der Waals surface area contributed by atoms with Gasteiger partial charge in [-0.1, -0.05) is 18.2 Å². The molecule has 1 aromatic carbocycles. The number of carbonyl (C=O) groups is 1. The minimum absolute atomic E-state index is 0.0426. The maximum absolute atomic E-state index is 13.5. The third-order valence-corrected chi connectivity index (χ3v) is 4.35. The first-order valence-corrected chi connectivity index (χ1v) is 7.46. The minimum atomic E-state index is -0.239. The second-order valence-corrected chi connectivity index (χ2v) is 5.87. The molecule has 0 bridgehead atoms. The highest BCUT2D eigenvalue weighted by Gasteiger charge is 2.12. The lowest BCUT2D eigenvalue weighted by molar-refractivity contribution is -0.130. The van der Waals surface area contributed by atoms with E-state index in [0.29, 0.717) is 24.9 Å². The summed E-state index contributed by atoms with van der Waals surface area (Å²) in [4.78, 5) is 15.0. The van der Waals surface area contributed by atoms with Crippen molar-refractivity contribution in [3.05, 3.63) is 57.5 Å². The fraction of sp³-hybridized carbons (Fsp3) is 0.312. The zero-order valence-corrected chi connectivity index (χ0v) is 12.5. The molecule has 2 aromatic rings. The zero-order chi connectivity index (χ0) is 14.5. The number of halogens is 1. The Balaban J connectivity index is 1.89. The molecule has 0 unspecified atom stereocenters. The normalized spacial score (nSPS) is 10.6. The van der Waals surface area contributed by atoms with Crippen LogP contribution in [0, 0.1) is 12.7 Å². The summed E-state index contributed by atoms with van der Waals surface area (Å²) >= 11 is 1.66. The van der Waals surface area contributed by atoms with Gasteiger partial charge in [-0.3, -0.25) is 4.79 Å². The molecule has 0 aliphatic heterocycles. The number of nitrogens with zero attached hydrogens (tertiary/aromatic N) is 1. The van der Waals surface area contributed by atoms with Gasteiger partial charge in [0.15, 0.2) is 0 Å². The molecule has 1 aromatic heterocycles. The van der Waals surface area contributed by atoms with Crippen LogP contribution >= 0.6 is 11.3 Å². The number of amides is 1. The van der Waals surface area contributed by atoms with E-state index in [1.807, 2.05) is 12.3 Å². The quantitative estimate of drug-likeness (QED) is 0.821. The molecule has 2 nitrogen and oxygen atoms in total. The molecular weight excluding hydrogens is 273 g/mol. The Morgan fingerprint density at radius 2 is 2.05 bits per heavy atom. The van der Waals surface area contributed by atoms with Crippen LogP contribution in [0.25, 0.3) is 0 Å². The second kappa shape index (κ2) is 6.66. The summed E-state index contributed by atoms with van der Waals surface area (Å²) in [6.45, 7) is 2.67. The van der Waals surface area contributed by atoms with Crippen molar-refractivity contribution >= 4 is 17.2 Å². The first-order chi connectivity index (χ1) is 9.58. The summed E-state index contributed by atoms with van der Waals surface area (Å²) in [6.07, 6.45) is 0.779. The third kappa shape index (κ3) is 3.67. The lowest BCUT2D eigenvalue weighted by Crippen LogP contribution is -2.26. The minimum Gasteiger partial charge on any atom is -0.341 e. The average Bonchev–Trinajstić information content (AvgIpc) is 2.83. The van der Waals surface area contributed by atoms with Gasteiger partial charge >= 0.3 is 0 Å². The monoisotopic (exact) mass is 291 g/mol. The van der Waals surface area contributed by atoms with E-state index in [1.165, 1.54) is 16.5 Å². The lowest BCUT2D eigenvalue weighted by Gasteiger charge is -2.17. The number of aryl methyl sites for hydroxylation is 2. The van der Waals surface area contributed by atoms with Gasteiger partial charge in [0.05, 0.1) is 6.54 Å². The Hall–Kier alpha value is -1.68. The Morgan fingerprint density at radius 1 is 1.30 bits per heavy atom. The van der Waals surface area contributed by atoms with Crippen molar-refractivity contribution in [2.75, 3.05) is 7.05 Å². The van der Waals surface area contributed by atoms with Crippen LogP contribution < -0.4 is 0 Å². The molecule has 0 spiro atoms. The predicted molar refractivity (Wildman–Crippen MR) is 80.3 cm³/mol. The summed E-state index contributed by atoms with van der Waals surface area (Å²) in [5.41, 5.74) is 1.81. The van der Waals surface area contributed by atoms with E-state index < -0.39 is 0 Å². The van der Waals surface area contributed by atoms with Gasteiger partial charge in [0.1, 0.15) is 5.82 Å². The summed E-state index contributed by atoms with van der Waals surface area (Å²) in [6, 6.07) is 8.66. The van der Waals surface area contributed by atoms with Gasteiger partial charge < -0.3 is 4.90 Å². The Labute approximate surface area is 122 Å². The number of carbonyl (C=O) groups excluding carboxylic acids is 1. The van der Waals surface area contributed by atoms with Gasteiger partial charge in [0.2, 0.25) is 5.91 Å². The van der Waals surface area contributed by atoms with E-state index in [2.05, 4.69) is 6.07 Å². The van der Waals surface area contributed by atoms with Gasteiger partial charge in [0.25, 0.3) is 0 Å².